The highest BCUT2D eigenvalue weighted by Crippen LogP contribution is 2.23. The minimum atomic E-state index is -0.555. The zero-order valence-corrected chi connectivity index (χ0v) is 10.1. The highest BCUT2D eigenvalue weighted by molar-refractivity contribution is 6.03. The number of aromatic amines is 1. The number of hydrogen-bond acceptors (Lipinski definition) is 3. The van der Waals surface area contributed by atoms with Gasteiger partial charge in [-0.25, -0.2) is 0 Å². The summed E-state index contributed by atoms with van der Waals surface area (Å²) >= 11 is 0. The van der Waals surface area contributed by atoms with Gasteiger partial charge in [0.15, 0.2) is 0 Å². The summed E-state index contributed by atoms with van der Waals surface area (Å²) in [6.07, 6.45) is 1.01. The molecule has 3 aromatic rings. The van der Waals surface area contributed by atoms with E-state index in [1.807, 2.05) is 19.2 Å². The van der Waals surface area contributed by atoms with Crippen LogP contribution in [0.5, 0.6) is 0 Å². The number of hydrogen-bond donors (Lipinski definition) is 2. The van der Waals surface area contributed by atoms with Gasteiger partial charge in [-0.2, -0.15) is 5.10 Å². The lowest BCUT2D eigenvalue weighted by molar-refractivity contribution is 0.199. The summed E-state index contributed by atoms with van der Waals surface area (Å²) in [7, 11) is 1.81. The molecule has 5 heteroatoms. The first-order valence-electron chi connectivity index (χ1n) is 5.73. The Morgan fingerprint density at radius 2 is 2.17 bits per heavy atom. The van der Waals surface area contributed by atoms with E-state index in [1.54, 1.807) is 23.9 Å². The summed E-state index contributed by atoms with van der Waals surface area (Å²) in [6, 6.07) is 5.56. The Bertz CT molecular complexity index is 799. The van der Waals surface area contributed by atoms with Gasteiger partial charge in [0.05, 0.1) is 28.7 Å². The molecule has 18 heavy (non-hydrogen) atoms. The molecule has 3 rings (SSSR count). The van der Waals surface area contributed by atoms with Crippen molar-refractivity contribution in [1.82, 2.24) is 14.8 Å². The van der Waals surface area contributed by atoms with E-state index in [0.29, 0.717) is 5.39 Å². The van der Waals surface area contributed by atoms with Crippen molar-refractivity contribution in [3.05, 3.63) is 40.3 Å². The van der Waals surface area contributed by atoms with E-state index in [0.717, 1.165) is 22.0 Å². The van der Waals surface area contributed by atoms with Crippen molar-refractivity contribution in [2.75, 3.05) is 0 Å². The number of benzene rings is 1. The molecular weight excluding hydrogens is 230 g/mol. The normalized spacial score (nSPS) is 13.3. The minimum absolute atomic E-state index is 0.159. The maximum Gasteiger partial charge on any atom is 0.259 e. The zero-order chi connectivity index (χ0) is 12.9. The van der Waals surface area contributed by atoms with Gasteiger partial charge in [0.2, 0.25) is 0 Å². The van der Waals surface area contributed by atoms with E-state index in [9.17, 15) is 9.90 Å². The topological polar surface area (TPSA) is 70.9 Å². The molecule has 1 unspecified atom stereocenters. The second-order valence-electron chi connectivity index (χ2n) is 4.47. The summed E-state index contributed by atoms with van der Waals surface area (Å²) in [5, 5.41) is 15.2. The van der Waals surface area contributed by atoms with Crippen LogP contribution < -0.4 is 5.56 Å². The SMILES string of the molecule is CC(O)c1ccc2c(c1)[nH]c(=O)c1cnn(C)c12. The number of pyridine rings is 1. The first kappa shape index (κ1) is 11.0. The molecule has 0 bridgehead atoms. The van der Waals surface area contributed by atoms with E-state index < -0.39 is 6.10 Å². The maximum atomic E-state index is 11.9. The Hall–Kier alpha value is -2.14. The highest BCUT2D eigenvalue weighted by Gasteiger charge is 2.10. The lowest BCUT2D eigenvalue weighted by Gasteiger charge is -2.07. The number of H-pyrrole nitrogens is 1. The summed E-state index contributed by atoms with van der Waals surface area (Å²) in [5.41, 5.74) is 2.15. The molecule has 0 saturated heterocycles. The number of aliphatic hydroxyl groups excluding tert-OH is 1. The van der Waals surface area contributed by atoms with Crippen LogP contribution in [-0.2, 0) is 7.05 Å². The van der Waals surface area contributed by atoms with Crippen LogP contribution >= 0.6 is 0 Å². The van der Waals surface area contributed by atoms with E-state index >= 15 is 0 Å². The van der Waals surface area contributed by atoms with Gasteiger partial charge in [0.1, 0.15) is 0 Å². The van der Waals surface area contributed by atoms with Crippen molar-refractivity contribution in [3.63, 3.8) is 0 Å². The van der Waals surface area contributed by atoms with Crippen LogP contribution in [0.4, 0.5) is 0 Å². The van der Waals surface area contributed by atoms with Crippen LogP contribution in [-0.4, -0.2) is 19.9 Å². The zero-order valence-electron chi connectivity index (χ0n) is 10.1. The molecule has 0 aliphatic heterocycles. The van der Waals surface area contributed by atoms with Crippen LogP contribution in [0.15, 0.2) is 29.2 Å². The molecule has 0 aliphatic rings. The number of fused-ring (bicyclic) bond motifs is 3. The molecule has 5 nitrogen and oxygen atoms in total. The number of aryl methyl sites for hydroxylation is 1. The highest BCUT2D eigenvalue weighted by atomic mass is 16.3. The predicted molar refractivity (Wildman–Crippen MR) is 69.5 cm³/mol. The van der Waals surface area contributed by atoms with Gasteiger partial charge in [-0.05, 0) is 18.6 Å². The lowest BCUT2D eigenvalue weighted by Crippen LogP contribution is -2.06. The number of aliphatic hydroxyl groups is 1. The van der Waals surface area contributed by atoms with Gasteiger partial charge in [-0.3, -0.25) is 9.48 Å². The molecule has 0 amide bonds. The number of rotatable bonds is 1. The molecule has 2 aromatic heterocycles. The smallest absolute Gasteiger partial charge is 0.259 e. The molecule has 0 fully saturated rings. The maximum absolute atomic E-state index is 11.9. The van der Waals surface area contributed by atoms with Crippen molar-refractivity contribution in [3.8, 4) is 0 Å². The third-order valence-corrected chi connectivity index (χ3v) is 3.21. The Morgan fingerprint density at radius 1 is 1.39 bits per heavy atom. The fourth-order valence-corrected chi connectivity index (χ4v) is 2.24. The molecule has 2 N–H and O–H groups in total. The predicted octanol–water partition coefficient (Wildman–Crippen LogP) is 1.47. The first-order valence-corrected chi connectivity index (χ1v) is 5.73. The summed E-state index contributed by atoms with van der Waals surface area (Å²) < 4.78 is 1.69. The molecule has 92 valence electrons. The minimum Gasteiger partial charge on any atom is -0.389 e. The number of aromatic nitrogens is 3. The van der Waals surface area contributed by atoms with Gasteiger partial charge in [0, 0.05) is 12.4 Å². The Labute approximate surface area is 103 Å². The van der Waals surface area contributed by atoms with Crippen LogP contribution in [0.2, 0.25) is 0 Å². The molecule has 1 atom stereocenters. The van der Waals surface area contributed by atoms with Gasteiger partial charge >= 0.3 is 0 Å². The summed E-state index contributed by atoms with van der Waals surface area (Å²) in [5.74, 6) is 0. The Kier molecular flexibility index (Phi) is 2.24. The second kappa shape index (κ2) is 3.68. The Balaban J connectivity index is 2.49. The molecule has 0 aliphatic carbocycles. The fraction of sp³-hybridized carbons (Fsp3) is 0.231. The monoisotopic (exact) mass is 243 g/mol. The van der Waals surface area contributed by atoms with Crippen molar-refractivity contribution in [2.24, 2.45) is 7.05 Å². The fourth-order valence-electron chi connectivity index (χ4n) is 2.24. The van der Waals surface area contributed by atoms with E-state index in [2.05, 4.69) is 10.1 Å². The summed E-state index contributed by atoms with van der Waals surface area (Å²) in [6.45, 7) is 1.70. The largest absolute Gasteiger partial charge is 0.389 e. The average Bonchev–Trinajstić information content (AvgIpc) is 2.72. The van der Waals surface area contributed by atoms with Gasteiger partial charge in [0.25, 0.3) is 5.56 Å². The third-order valence-electron chi connectivity index (χ3n) is 3.21. The van der Waals surface area contributed by atoms with Crippen molar-refractivity contribution in [2.45, 2.75) is 13.0 Å². The average molecular weight is 243 g/mol. The van der Waals surface area contributed by atoms with Gasteiger partial charge in [-0.1, -0.05) is 12.1 Å². The second-order valence-corrected chi connectivity index (χ2v) is 4.47. The molecule has 0 spiro atoms. The van der Waals surface area contributed by atoms with E-state index in [4.69, 9.17) is 0 Å². The number of nitrogens with one attached hydrogen (secondary N) is 1. The quantitative estimate of drug-likeness (QED) is 0.680. The molecule has 0 saturated carbocycles. The van der Waals surface area contributed by atoms with E-state index in [1.165, 1.54) is 0 Å². The van der Waals surface area contributed by atoms with Gasteiger partial charge < -0.3 is 10.1 Å². The Morgan fingerprint density at radius 3 is 2.89 bits per heavy atom. The van der Waals surface area contributed by atoms with Crippen LogP contribution in [0.3, 0.4) is 0 Å². The molecular formula is C13H13N3O2. The first-order chi connectivity index (χ1) is 8.58. The number of nitrogens with zero attached hydrogens (tertiary/aromatic N) is 2. The standard InChI is InChI=1S/C13H13N3O2/c1-7(17)8-3-4-9-11(5-8)15-13(18)10-6-14-16(2)12(9)10/h3-7,17H,1-2H3,(H,15,18). The van der Waals surface area contributed by atoms with Gasteiger partial charge in [-0.15, -0.1) is 0 Å². The summed E-state index contributed by atoms with van der Waals surface area (Å²) in [4.78, 5) is 14.7. The van der Waals surface area contributed by atoms with Crippen LogP contribution in [0.25, 0.3) is 21.8 Å². The van der Waals surface area contributed by atoms with Crippen molar-refractivity contribution < 1.29 is 5.11 Å². The van der Waals surface area contributed by atoms with Crippen molar-refractivity contribution >= 4 is 21.8 Å². The molecule has 0 radical (unpaired) electrons. The van der Waals surface area contributed by atoms with Crippen LogP contribution in [0.1, 0.15) is 18.6 Å². The molecule has 2 heterocycles. The van der Waals surface area contributed by atoms with Crippen LogP contribution in [0, 0.1) is 0 Å². The van der Waals surface area contributed by atoms with E-state index in [-0.39, 0.29) is 5.56 Å². The molecule has 1 aromatic carbocycles. The lowest BCUT2D eigenvalue weighted by atomic mass is 10.1. The van der Waals surface area contributed by atoms with Crippen molar-refractivity contribution in [1.29, 1.82) is 0 Å². The third kappa shape index (κ3) is 1.44.